The van der Waals surface area contributed by atoms with Gasteiger partial charge >= 0.3 is 0 Å². The van der Waals surface area contributed by atoms with Crippen molar-refractivity contribution in [3.63, 3.8) is 0 Å². The number of pyridine rings is 1. The van der Waals surface area contributed by atoms with Crippen LogP contribution >= 0.6 is 0 Å². The molecule has 0 amide bonds. The van der Waals surface area contributed by atoms with Gasteiger partial charge < -0.3 is 11.1 Å². The topological polar surface area (TPSA) is 50.9 Å². The number of allylic oxidation sites excluding steroid dienone is 1. The van der Waals surface area contributed by atoms with Crippen LogP contribution in [0.25, 0.3) is 0 Å². The lowest BCUT2D eigenvalue weighted by Gasteiger charge is -2.08. The van der Waals surface area contributed by atoms with Gasteiger partial charge in [0.15, 0.2) is 0 Å². The van der Waals surface area contributed by atoms with Crippen molar-refractivity contribution in [2.45, 2.75) is 25.7 Å². The molecule has 0 aliphatic heterocycles. The van der Waals surface area contributed by atoms with Gasteiger partial charge in [0.2, 0.25) is 0 Å². The summed E-state index contributed by atoms with van der Waals surface area (Å²) < 4.78 is 0. The van der Waals surface area contributed by atoms with Gasteiger partial charge in [-0.3, -0.25) is 0 Å². The van der Waals surface area contributed by atoms with E-state index in [4.69, 9.17) is 5.73 Å². The summed E-state index contributed by atoms with van der Waals surface area (Å²) in [4.78, 5) is 4.03. The van der Waals surface area contributed by atoms with Gasteiger partial charge in [-0.2, -0.15) is 0 Å². The van der Waals surface area contributed by atoms with Gasteiger partial charge in [-0.05, 0) is 37.8 Å². The summed E-state index contributed by atoms with van der Waals surface area (Å²) in [6, 6.07) is 3.86. The molecular formula is C12H17N3. The van der Waals surface area contributed by atoms with Crippen LogP contribution in [0.2, 0.25) is 0 Å². The Bertz CT molecular complexity index is 358. The van der Waals surface area contributed by atoms with Crippen LogP contribution < -0.4 is 11.1 Å². The van der Waals surface area contributed by atoms with Gasteiger partial charge in [-0.15, -0.1) is 0 Å². The first-order valence-corrected chi connectivity index (χ1v) is 5.48. The second-order valence-electron chi connectivity index (χ2n) is 3.87. The maximum atomic E-state index is 5.73. The molecule has 0 saturated heterocycles. The number of nitrogens with one attached hydrogen (secondary N) is 1. The second kappa shape index (κ2) is 4.82. The standard InChI is InChI=1S/C12H17N3/c13-12-11(6-3-8-15-12)14-9-7-10-4-1-2-5-10/h3-4,6,8,14H,1-2,5,7,9H2,(H2,13,15). The molecule has 2 rings (SSSR count). The van der Waals surface area contributed by atoms with E-state index in [2.05, 4.69) is 16.4 Å². The Morgan fingerprint density at radius 2 is 2.40 bits per heavy atom. The van der Waals surface area contributed by atoms with Crippen LogP contribution in [-0.2, 0) is 0 Å². The van der Waals surface area contributed by atoms with Crippen molar-refractivity contribution >= 4 is 11.5 Å². The number of anilines is 2. The first-order valence-electron chi connectivity index (χ1n) is 5.48. The van der Waals surface area contributed by atoms with Gasteiger partial charge in [0.25, 0.3) is 0 Å². The summed E-state index contributed by atoms with van der Waals surface area (Å²) in [6.07, 6.45) is 9.03. The van der Waals surface area contributed by atoms with E-state index in [0.29, 0.717) is 5.82 Å². The Kier molecular flexibility index (Phi) is 3.22. The van der Waals surface area contributed by atoms with Crippen LogP contribution in [-0.4, -0.2) is 11.5 Å². The van der Waals surface area contributed by atoms with Crippen molar-refractivity contribution < 1.29 is 0 Å². The number of aromatic nitrogens is 1. The highest BCUT2D eigenvalue weighted by molar-refractivity contribution is 5.60. The van der Waals surface area contributed by atoms with Crippen molar-refractivity contribution in [1.82, 2.24) is 4.98 Å². The van der Waals surface area contributed by atoms with E-state index in [1.807, 2.05) is 12.1 Å². The average Bonchev–Trinajstić information content (AvgIpc) is 2.74. The van der Waals surface area contributed by atoms with E-state index in [1.54, 1.807) is 11.8 Å². The zero-order valence-electron chi connectivity index (χ0n) is 8.87. The molecule has 1 aliphatic rings. The zero-order chi connectivity index (χ0) is 10.5. The Morgan fingerprint density at radius 1 is 1.47 bits per heavy atom. The third kappa shape index (κ3) is 2.72. The van der Waals surface area contributed by atoms with Crippen LogP contribution in [0, 0.1) is 0 Å². The summed E-state index contributed by atoms with van der Waals surface area (Å²) >= 11 is 0. The third-order valence-electron chi connectivity index (χ3n) is 2.74. The fourth-order valence-electron chi connectivity index (χ4n) is 1.89. The van der Waals surface area contributed by atoms with E-state index in [9.17, 15) is 0 Å². The van der Waals surface area contributed by atoms with Crippen molar-refractivity contribution in [2.75, 3.05) is 17.6 Å². The molecule has 1 aromatic rings. The van der Waals surface area contributed by atoms with E-state index < -0.39 is 0 Å². The van der Waals surface area contributed by atoms with Crippen LogP contribution in [0.15, 0.2) is 30.0 Å². The molecule has 0 atom stereocenters. The smallest absolute Gasteiger partial charge is 0.146 e. The second-order valence-corrected chi connectivity index (χ2v) is 3.87. The predicted molar refractivity (Wildman–Crippen MR) is 63.7 cm³/mol. The molecule has 3 N–H and O–H groups in total. The molecule has 1 aliphatic carbocycles. The number of hydrogen-bond donors (Lipinski definition) is 2. The van der Waals surface area contributed by atoms with Gasteiger partial charge in [0, 0.05) is 12.7 Å². The van der Waals surface area contributed by atoms with Crippen LogP contribution in [0.1, 0.15) is 25.7 Å². The number of nitrogens with zero attached hydrogens (tertiary/aromatic N) is 1. The molecule has 0 unspecified atom stereocenters. The molecule has 0 saturated carbocycles. The maximum Gasteiger partial charge on any atom is 0.146 e. The molecule has 0 aromatic carbocycles. The van der Waals surface area contributed by atoms with Crippen LogP contribution in [0.4, 0.5) is 11.5 Å². The lowest BCUT2D eigenvalue weighted by atomic mass is 10.1. The molecule has 1 aromatic heterocycles. The predicted octanol–water partition coefficient (Wildman–Crippen LogP) is 2.58. The first kappa shape index (κ1) is 10.0. The van der Waals surface area contributed by atoms with Crippen molar-refractivity contribution in [1.29, 1.82) is 0 Å². The number of nitrogens with two attached hydrogens (primary N) is 1. The molecular weight excluding hydrogens is 186 g/mol. The monoisotopic (exact) mass is 203 g/mol. The highest BCUT2D eigenvalue weighted by atomic mass is 14.9. The van der Waals surface area contributed by atoms with Crippen LogP contribution in [0.3, 0.4) is 0 Å². The highest BCUT2D eigenvalue weighted by Gasteiger charge is 2.04. The summed E-state index contributed by atoms with van der Waals surface area (Å²) in [5, 5.41) is 3.31. The van der Waals surface area contributed by atoms with Crippen LogP contribution in [0.5, 0.6) is 0 Å². The Balaban J connectivity index is 1.80. The highest BCUT2D eigenvalue weighted by Crippen LogP contribution is 2.21. The molecule has 0 bridgehead atoms. The van der Waals surface area contributed by atoms with E-state index in [-0.39, 0.29) is 0 Å². The van der Waals surface area contributed by atoms with Crippen molar-refractivity contribution in [2.24, 2.45) is 0 Å². The van der Waals surface area contributed by atoms with Gasteiger partial charge in [-0.1, -0.05) is 11.6 Å². The minimum atomic E-state index is 0.581. The largest absolute Gasteiger partial charge is 0.382 e. The third-order valence-corrected chi connectivity index (χ3v) is 2.74. The molecule has 15 heavy (non-hydrogen) atoms. The summed E-state index contributed by atoms with van der Waals surface area (Å²) in [5.41, 5.74) is 8.24. The minimum Gasteiger partial charge on any atom is -0.382 e. The number of hydrogen-bond acceptors (Lipinski definition) is 3. The lowest BCUT2D eigenvalue weighted by molar-refractivity contribution is 0.863. The molecule has 80 valence electrons. The van der Waals surface area contributed by atoms with E-state index in [1.165, 1.54) is 19.3 Å². The fourth-order valence-corrected chi connectivity index (χ4v) is 1.89. The van der Waals surface area contributed by atoms with Crippen molar-refractivity contribution in [3.8, 4) is 0 Å². The van der Waals surface area contributed by atoms with Gasteiger partial charge in [-0.25, -0.2) is 4.98 Å². The molecule has 3 heteroatoms. The Labute approximate surface area is 90.4 Å². The van der Waals surface area contributed by atoms with Gasteiger partial charge in [0.05, 0.1) is 5.69 Å². The van der Waals surface area contributed by atoms with Gasteiger partial charge in [0.1, 0.15) is 5.82 Å². The summed E-state index contributed by atoms with van der Waals surface area (Å²) in [7, 11) is 0. The molecule has 3 nitrogen and oxygen atoms in total. The maximum absolute atomic E-state index is 5.73. The normalized spacial score (nSPS) is 15.1. The SMILES string of the molecule is Nc1ncccc1NCCC1=CCCC1. The summed E-state index contributed by atoms with van der Waals surface area (Å²) in [5.74, 6) is 0.581. The van der Waals surface area contributed by atoms with E-state index in [0.717, 1.165) is 18.7 Å². The zero-order valence-corrected chi connectivity index (χ0v) is 8.87. The number of nitrogen functional groups attached to an aromatic ring is 1. The van der Waals surface area contributed by atoms with Crippen molar-refractivity contribution in [3.05, 3.63) is 30.0 Å². The Morgan fingerprint density at radius 3 is 3.13 bits per heavy atom. The molecule has 0 radical (unpaired) electrons. The quantitative estimate of drug-likeness (QED) is 0.739. The number of rotatable bonds is 4. The molecule has 0 spiro atoms. The van der Waals surface area contributed by atoms with E-state index >= 15 is 0 Å². The lowest BCUT2D eigenvalue weighted by Crippen LogP contribution is -2.05. The Hall–Kier alpha value is -1.51. The minimum absolute atomic E-state index is 0.581. The summed E-state index contributed by atoms with van der Waals surface area (Å²) in [6.45, 7) is 0.946. The average molecular weight is 203 g/mol. The first-order chi connectivity index (χ1) is 7.36. The fraction of sp³-hybridized carbons (Fsp3) is 0.417. The molecule has 0 fully saturated rings. The molecule has 1 heterocycles.